The van der Waals surface area contributed by atoms with Crippen LogP contribution in [0, 0.1) is 0 Å². The number of rotatable bonds is 2. The molecule has 1 aliphatic heterocycles. The highest BCUT2D eigenvalue weighted by Gasteiger charge is 2.24. The van der Waals surface area contributed by atoms with Gasteiger partial charge in [0.05, 0.1) is 5.60 Å². The topological polar surface area (TPSA) is 36.4 Å². The van der Waals surface area contributed by atoms with Gasteiger partial charge in [0.15, 0.2) is 0 Å². The molecule has 1 aliphatic rings. The predicted molar refractivity (Wildman–Crippen MR) is 64.0 cm³/mol. The van der Waals surface area contributed by atoms with Gasteiger partial charge in [-0.3, -0.25) is 9.88 Å². The number of aliphatic hydroxyl groups is 1. The molecular weight excluding hydrogens is 200 g/mol. The highest BCUT2D eigenvalue weighted by Crippen LogP contribution is 2.22. The van der Waals surface area contributed by atoms with Crippen molar-refractivity contribution in [2.75, 3.05) is 13.1 Å². The molecule has 2 heterocycles. The van der Waals surface area contributed by atoms with Crippen molar-refractivity contribution in [3.8, 4) is 0 Å². The smallest absolute Gasteiger partial charge is 0.0632 e. The van der Waals surface area contributed by atoms with Crippen LogP contribution in [-0.4, -0.2) is 33.7 Å². The fraction of sp³-hybridized carbons (Fsp3) is 0.615. The fourth-order valence-electron chi connectivity index (χ4n) is 2.22. The van der Waals surface area contributed by atoms with Gasteiger partial charge in [-0.15, -0.1) is 0 Å². The zero-order valence-electron chi connectivity index (χ0n) is 9.89. The lowest BCUT2D eigenvalue weighted by atomic mass is 9.98. The molecule has 3 nitrogen and oxygen atoms in total. The van der Waals surface area contributed by atoms with Gasteiger partial charge in [0.1, 0.15) is 0 Å². The van der Waals surface area contributed by atoms with Gasteiger partial charge in [0, 0.05) is 25.5 Å². The summed E-state index contributed by atoms with van der Waals surface area (Å²) in [6.07, 6.45) is 6.54. The number of aromatic nitrogens is 1. The molecule has 0 amide bonds. The minimum Gasteiger partial charge on any atom is -0.390 e. The van der Waals surface area contributed by atoms with Gasteiger partial charge >= 0.3 is 0 Å². The summed E-state index contributed by atoms with van der Waals surface area (Å²) in [7, 11) is 0. The summed E-state index contributed by atoms with van der Waals surface area (Å²) in [6.45, 7) is 4.98. The van der Waals surface area contributed by atoms with E-state index < -0.39 is 5.60 Å². The second-order valence-electron chi connectivity index (χ2n) is 4.98. The Balaban J connectivity index is 1.92. The number of pyridine rings is 1. The van der Waals surface area contributed by atoms with E-state index in [4.69, 9.17) is 0 Å². The van der Waals surface area contributed by atoms with Crippen LogP contribution in [0.15, 0.2) is 24.5 Å². The fourth-order valence-corrected chi connectivity index (χ4v) is 2.22. The van der Waals surface area contributed by atoms with Crippen LogP contribution in [0.3, 0.4) is 0 Å². The maximum Gasteiger partial charge on any atom is 0.0632 e. The highest BCUT2D eigenvalue weighted by molar-refractivity contribution is 5.09. The van der Waals surface area contributed by atoms with E-state index in [1.54, 1.807) is 0 Å². The van der Waals surface area contributed by atoms with E-state index in [1.807, 2.05) is 19.3 Å². The summed E-state index contributed by atoms with van der Waals surface area (Å²) in [4.78, 5) is 6.44. The van der Waals surface area contributed by atoms with Crippen molar-refractivity contribution in [1.29, 1.82) is 0 Å². The first kappa shape index (κ1) is 11.6. The van der Waals surface area contributed by atoms with Crippen molar-refractivity contribution < 1.29 is 5.11 Å². The first-order valence-electron chi connectivity index (χ1n) is 5.99. The normalized spacial score (nSPS) is 27.6. The van der Waals surface area contributed by atoms with Gasteiger partial charge in [0.25, 0.3) is 0 Å². The van der Waals surface area contributed by atoms with Gasteiger partial charge in [-0.05, 0) is 50.4 Å². The molecule has 1 saturated heterocycles. The Kier molecular flexibility index (Phi) is 3.56. The van der Waals surface area contributed by atoms with E-state index in [-0.39, 0.29) is 0 Å². The molecule has 3 heteroatoms. The average molecular weight is 220 g/mol. The molecular formula is C13H20N2O. The summed E-state index contributed by atoms with van der Waals surface area (Å²) in [5, 5.41) is 10.0. The van der Waals surface area contributed by atoms with Gasteiger partial charge in [-0.25, -0.2) is 0 Å². The molecule has 0 aromatic carbocycles. The van der Waals surface area contributed by atoms with Crippen molar-refractivity contribution in [1.82, 2.24) is 9.88 Å². The maximum absolute atomic E-state index is 10.0. The lowest BCUT2D eigenvalue weighted by Gasteiger charge is -2.22. The van der Waals surface area contributed by atoms with Crippen LogP contribution in [0.25, 0.3) is 0 Å². The molecule has 0 bridgehead atoms. The Morgan fingerprint density at radius 2 is 2.06 bits per heavy atom. The van der Waals surface area contributed by atoms with Crippen LogP contribution < -0.4 is 0 Å². The summed E-state index contributed by atoms with van der Waals surface area (Å²) < 4.78 is 0. The van der Waals surface area contributed by atoms with Crippen LogP contribution in [0.1, 0.15) is 31.7 Å². The SMILES string of the molecule is CC1(O)CCCN(Cc2ccncc2)CC1. The monoisotopic (exact) mass is 220 g/mol. The van der Waals surface area contributed by atoms with Crippen LogP contribution in [0.2, 0.25) is 0 Å². The Hall–Kier alpha value is -0.930. The molecule has 0 aliphatic carbocycles. The van der Waals surface area contributed by atoms with E-state index in [1.165, 1.54) is 5.56 Å². The molecule has 0 spiro atoms. The molecule has 1 atom stereocenters. The largest absolute Gasteiger partial charge is 0.390 e. The lowest BCUT2D eigenvalue weighted by Crippen LogP contribution is -2.28. The van der Waals surface area contributed by atoms with Gasteiger partial charge in [0.2, 0.25) is 0 Å². The molecule has 16 heavy (non-hydrogen) atoms. The molecule has 1 fully saturated rings. The van der Waals surface area contributed by atoms with Gasteiger partial charge in [-0.2, -0.15) is 0 Å². The lowest BCUT2D eigenvalue weighted by molar-refractivity contribution is 0.0444. The zero-order chi connectivity index (χ0) is 11.4. The second-order valence-corrected chi connectivity index (χ2v) is 4.98. The van der Waals surface area contributed by atoms with Crippen molar-refractivity contribution >= 4 is 0 Å². The summed E-state index contributed by atoms with van der Waals surface area (Å²) in [5.74, 6) is 0. The number of likely N-dealkylation sites (tertiary alicyclic amines) is 1. The number of nitrogens with zero attached hydrogens (tertiary/aromatic N) is 2. The van der Waals surface area contributed by atoms with Crippen LogP contribution in [0.4, 0.5) is 0 Å². The molecule has 1 N–H and O–H groups in total. The Labute approximate surface area is 97.1 Å². The molecule has 0 saturated carbocycles. The number of hydrogen-bond donors (Lipinski definition) is 1. The number of hydrogen-bond acceptors (Lipinski definition) is 3. The van der Waals surface area contributed by atoms with E-state index in [2.05, 4.69) is 22.0 Å². The minimum atomic E-state index is -0.465. The molecule has 1 aromatic rings. The maximum atomic E-state index is 10.0. The Bertz CT molecular complexity index is 324. The van der Waals surface area contributed by atoms with E-state index >= 15 is 0 Å². The third-order valence-electron chi connectivity index (χ3n) is 3.31. The first-order chi connectivity index (χ1) is 7.66. The van der Waals surface area contributed by atoms with Crippen molar-refractivity contribution in [2.45, 2.75) is 38.3 Å². The van der Waals surface area contributed by atoms with Crippen LogP contribution >= 0.6 is 0 Å². The summed E-state index contributed by atoms with van der Waals surface area (Å²) in [6, 6.07) is 4.12. The van der Waals surface area contributed by atoms with E-state index in [0.717, 1.165) is 38.9 Å². The molecule has 2 rings (SSSR count). The van der Waals surface area contributed by atoms with Crippen LogP contribution in [-0.2, 0) is 6.54 Å². The standard InChI is InChI=1S/C13H20N2O/c1-13(16)5-2-9-15(10-6-13)11-12-3-7-14-8-4-12/h3-4,7-8,16H,2,5-6,9-11H2,1H3. The van der Waals surface area contributed by atoms with Crippen molar-refractivity contribution in [2.24, 2.45) is 0 Å². The summed E-state index contributed by atoms with van der Waals surface area (Å²) >= 11 is 0. The molecule has 88 valence electrons. The van der Waals surface area contributed by atoms with Gasteiger partial charge in [-0.1, -0.05) is 0 Å². The van der Waals surface area contributed by atoms with Gasteiger partial charge < -0.3 is 5.11 Å². The molecule has 1 unspecified atom stereocenters. The van der Waals surface area contributed by atoms with E-state index in [0.29, 0.717) is 0 Å². The quantitative estimate of drug-likeness (QED) is 0.826. The average Bonchev–Trinajstić information content (AvgIpc) is 2.42. The third-order valence-corrected chi connectivity index (χ3v) is 3.31. The summed E-state index contributed by atoms with van der Waals surface area (Å²) in [5.41, 5.74) is 0.837. The highest BCUT2D eigenvalue weighted by atomic mass is 16.3. The van der Waals surface area contributed by atoms with Crippen LogP contribution in [0.5, 0.6) is 0 Å². The van der Waals surface area contributed by atoms with E-state index in [9.17, 15) is 5.11 Å². The molecule has 1 aromatic heterocycles. The zero-order valence-corrected chi connectivity index (χ0v) is 9.89. The second kappa shape index (κ2) is 4.93. The third kappa shape index (κ3) is 3.29. The predicted octanol–water partition coefficient (Wildman–Crippen LogP) is 1.82. The Morgan fingerprint density at radius 3 is 2.81 bits per heavy atom. The molecule has 0 radical (unpaired) electrons. The van der Waals surface area contributed by atoms with Crippen molar-refractivity contribution in [3.63, 3.8) is 0 Å². The Morgan fingerprint density at radius 1 is 1.31 bits per heavy atom. The first-order valence-corrected chi connectivity index (χ1v) is 5.99. The van der Waals surface area contributed by atoms with Crippen molar-refractivity contribution in [3.05, 3.63) is 30.1 Å². The minimum absolute atomic E-state index is 0.465.